The first-order valence-electron chi connectivity index (χ1n) is 7.44. The van der Waals surface area contributed by atoms with E-state index in [-0.39, 0.29) is 22.0 Å². The summed E-state index contributed by atoms with van der Waals surface area (Å²) >= 11 is -0.229. The van der Waals surface area contributed by atoms with E-state index in [1.165, 1.54) is 0 Å². The van der Waals surface area contributed by atoms with Crippen molar-refractivity contribution >= 4 is 28.2 Å². The Kier molecular flexibility index (Phi) is 5.24. The quantitative estimate of drug-likeness (QED) is 0.614. The number of carbonyl (C=O) groups excluding carboxylic acids is 1. The van der Waals surface area contributed by atoms with Crippen molar-refractivity contribution in [2.75, 3.05) is 6.26 Å². The molecule has 0 radical (unpaired) electrons. The van der Waals surface area contributed by atoms with E-state index in [1.807, 2.05) is 25.3 Å². The second-order valence-electron chi connectivity index (χ2n) is 6.49. The van der Waals surface area contributed by atoms with Crippen LogP contribution in [0.1, 0.15) is 44.6 Å². The smallest absolute Gasteiger partial charge is 0.152 e. The normalized spacial score (nSPS) is 14.8. The second kappa shape index (κ2) is 6.80. The number of pyridine rings is 1. The lowest BCUT2D eigenvalue weighted by atomic mass is 10.0. The van der Waals surface area contributed by atoms with Gasteiger partial charge in [-0.3, -0.25) is 4.98 Å². The monoisotopic (exact) mass is 318 g/mol. The lowest BCUT2D eigenvalue weighted by Crippen LogP contribution is -2.30. The van der Waals surface area contributed by atoms with Crippen LogP contribution in [-0.2, 0) is 20.2 Å². The van der Waals surface area contributed by atoms with Gasteiger partial charge in [-0.25, -0.2) is 0 Å². The molecule has 0 saturated carbocycles. The molecule has 0 fully saturated rings. The molecule has 0 amide bonds. The van der Waals surface area contributed by atoms with Gasteiger partial charge in [0.15, 0.2) is 4.75 Å². The van der Waals surface area contributed by atoms with Gasteiger partial charge in [-0.05, 0) is 50.8 Å². The SMILES string of the molecule is Cc1cc2cc([C@H](CC=O)O[S+](C)C(C)(C)C)ccc2cn1. The molecular formula is C18H24NO2S+. The zero-order valence-electron chi connectivity index (χ0n) is 13.9. The molecule has 0 N–H and O–H groups in total. The first kappa shape index (κ1) is 17.0. The summed E-state index contributed by atoms with van der Waals surface area (Å²) in [5.41, 5.74) is 2.04. The number of aromatic nitrogens is 1. The largest absolute Gasteiger partial charge is 0.303 e. The van der Waals surface area contributed by atoms with Crippen LogP contribution in [-0.4, -0.2) is 22.3 Å². The fourth-order valence-electron chi connectivity index (χ4n) is 2.11. The third kappa shape index (κ3) is 4.08. The molecular weight excluding hydrogens is 294 g/mol. The van der Waals surface area contributed by atoms with Crippen LogP contribution in [0.4, 0.5) is 0 Å². The minimum absolute atomic E-state index is 0.0679. The Morgan fingerprint density at radius 1 is 1.27 bits per heavy atom. The number of hydrogen-bond donors (Lipinski definition) is 0. The van der Waals surface area contributed by atoms with Crippen molar-refractivity contribution in [3.63, 3.8) is 0 Å². The van der Waals surface area contributed by atoms with Crippen LogP contribution in [0.15, 0.2) is 30.5 Å². The molecule has 3 nitrogen and oxygen atoms in total. The second-order valence-corrected chi connectivity index (χ2v) is 8.81. The van der Waals surface area contributed by atoms with E-state index < -0.39 is 0 Å². The van der Waals surface area contributed by atoms with Crippen molar-refractivity contribution in [3.8, 4) is 0 Å². The third-order valence-corrected chi connectivity index (χ3v) is 5.93. The molecule has 2 rings (SSSR count). The number of carbonyl (C=O) groups is 1. The van der Waals surface area contributed by atoms with Gasteiger partial charge in [-0.2, -0.15) is 4.18 Å². The Hall–Kier alpha value is -1.39. The summed E-state index contributed by atoms with van der Waals surface area (Å²) < 4.78 is 6.27. The van der Waals surface area contributed by atoms with Crippen molar-refractivity contribution in [1.82, 2.24) is 4.98 Å². The summed E-state index contributed by atoms with van der Waals surface area (Å²) in [5.74, 6) is 0. The summed E-state index contributed by atoms with van der Waals surface area (Å²) in [6, 6.07) is 8.25. The van der Waals surface area contributed by atoms with E-state index in [2.05, 4.69) is 44.1 Å². The maximum absolute atomic E-state index is 11.1. The molecule has 0 bridgehead atoms. The van der Waals surface area contributed by atoms with Crippen LogP contribution in [0.2, 0.25) is 0 Å². The van der Waals surface area contributed by atoms with Crippen molar-refractivity contribution in [2.45, 2.75) is 45.0 Å². The maximum atomic E-state index is 11.1. The van der Waals surface area contributed by atoms with Crippen molar-refractivity contribution in [2.24, 2.45) is 0 Å². The molecule has 22 heavy (non-hydrogen) atoms. The summed E-state index contributed by atoms with van der Waals surface area (Å²) in [6.07, 6.45) is 5.09. The van der Waals surface area contributed by atoms with Gasteiger partial charge < -0.3 is 4.79 Å². The van der Waals surface area contributed by atoms with Crippen LogP contribution in [0.5, 0.6) is 0 Å². The first-order chi connectivity index (χ1) is 10.3. The predicted octanol–water partition coefficient (Wildman–Crippen LogP) is 4.15. The summed E-state index contributed by atoms with van der Waals surface area (Å²) in [6.45, 7) is 8.45. The highest BCUT2D eigenvalue weighted by atomic mass is 32.2. The number of aryl methyl sites for hydroxylation is 1. The highest BCUT2D eigenvalue weighted by Gasteiger charge is 2.35. The Balaban J connectivity index is 2.33. The zero-order valence-corrected chi connectivity index (χ0v) is 14.7. The summed E-state index contributed by atoms with van der Waals surface area (Å²) in [7, 11) is 0. The molecule has 0 aliphatic rings. The topological polar surface area (TPSA) is 39.2 Å². The molecule has 2 atom stereocenters. The van der Waals surface area contributed by atoms with Gasteiger partial charge in [0.1, 0.15) is 29.8 Å². The van der Waals surface area contributed by atoms with Gasteiger partial charge in [-0.15, -0.1) is 0 Å². The van der Waals surface area contributed by atoms with E-state index in [0.717, 1.165) is 28.3 Å². The number of benzene rings is 1. The average molecular weight is 318 g/mol. The van der Waals surface area contributed by atoms with Crippen LogP contribution < -0.4 is 0 Å². The summed E-state index contributed by atoms with van der Waals surface area (Å²) in [5, 5.41) is 2.24. The fraction of sp³-hybridized carbons (Fsp3) is 0.444. The molecule has 118 valence electrons. The average Bonchev–Trinajstić information content (AvgIpc) is 2.44. The van der Waals surface area contributed by atoms with Crippen LogP contribution in [0, 0.1) is 6.92 Å². The van der Waals surface area contributed by atoms with Crippen LogP contribution in [0.25, 0.3) is 10.8 Å². The maximum Gasteiger partial charge on any atom is 0.152 e. The van der Waals surface area contributed by atoms with E-state index >= 15 is 0 Å². The lowest BCUT2D eigenvalue weighted by molar-refractivity contribution is -0.109. The highest BCUT2D eigenvalue weighted by Crippen LogP contribution is 2.30. The highest BCUT2D eigenvalue weighted by molar-refractivity contribution is 7.93. The first-order valence-corrected chi connectivity index (χ1v) is 9.00. The van der Waals surface area contributed by atoms with Crippen molar-refractivity contribution in [1.29, 1.82) is 0 Å². The van der Waals surface area contributed by atoms with Crippen LogP contribution >= 0.6 is 0 Å². The number of rotatable bonds is 5. The number of nitrogens with zero attached hydrogens (tertiary/aromatic N) is 1. The molecule has 1 aromatic heterocycles. The Morgan fingerprint density at radius 2 is 2.00 bits per heavy atom. The molecule has 2 aromatic rings. The molecule has 0 spiro atoms. The van der Waals surface area contributed by atoms with Crippen molar-refractivity contribution < 1.29 is 8.98 Å². The summed E-state index contributed by atoms with van der Waals surface area (Å²) in [4.78, 5) is 15.4. The van der Waals surface area contributed by atoms with E-state index in [1.54, 1.807) is 0 Å². The van der Waals surface area contributed by atoms with E-state index in [9.17, 15) is 4.79 Å². The Bertz CT molecular complexity index is 664. The van der Waals surface area contributed by atoms with Gasteiger partial charge in [0.25, 0.3) is 0 Å². The molecule has 1 heterocycles. The standard InChI is InChI=1S/C18H24NO2S/c1-13-10-16-11-14(6-7-15(16)12-19-13)17(8-9-20)21-22(5)18(2,3)4/h6-7,9-12,17H,8H2,1-5H3/q+1/t17-,22?/m0/s1. The van der Waals surface area contributed by atoms with Gasteiger partial charge >= 0.3 is 0 Å². The van der Waals surface area contributed by atoms with Gasteiger partial charge in [0, 0.05) is 23.7 Å². The zero-order chi connectivity index (χ0) is 16.3. The minimum Gasteiger partial charge on any atom is -0.303 e. The Labute approximate surface area is 135 Å². The van der Waals surface area contributed by atoms with Gasteiger partial charge in [0.2, 0.25) is 0 Å². The van der Waals surface area contributed by atoms with E-state index in [0.29, 0.717) is 6.42 Å². The molecule has 0 aliphatic heterocycles. The number of aldehydes is 1. The van der Waals surface area contributed by atoms with E-state index in [4.69, 9.17) is 4.18 Å². The number of hydrogen-bond acceptors (Lipinski definition) is 3. The minimum atomic E-state index is -0.229. The predicted molar refractivity (Wildman–Crippen MR) is 94.0 cm³/mol. The van der Waals surface area contributed by atoms with Crippen LogP contribution in [0.3, 0.4) is 0 Å². The van der Waals surface area contributed by atoms with Crippen molar-refractivity contribution in [3.05, 3.63) is 41.7 Å². The molecule has 4 heteroatoms. The molecule has 0 saturated heterocycles. The lowest BCUT2D eigenvalue weighted by Gasteiger charge is -2.21. The number of fused-ring (bicyclic) bond motifs is 1. The molecule has 0 aliphatic carbocycles. The van der Waals surface area contributed by atoms with Gasteiger partial charge in [-0.1, -0.05) is 12.1 Å². The Morgan fingerprint density at radius 3 is 2.64 bits per heavy atom. The fourth-order valence-corrected chi connectivity index (χ4v) is 2.93. The molecule has 1 aromatic carbocycles. The third-order valence-electron chi connectivity index (χ3n) is 3.69. The van der Waals surface area contributed by atoms with Gasteiger partial charge in [0.05, 0.1) is 0 Å². The molecule has 1 unspecified atom stereocenters.